The van der Waals surface area contributed by atoms with Gasteiger partial charge in [0.15, 0.2) is 0 Å². The molecule has 72 valence electrons. The summed E-state index contributed by atoms with van der Waals surface area (Å²) in [4.78, 5) is 21.9. The van der Waals surface area contributed by atoms with Crippen LogP contribution in [-0.4, -0.2) is 20.7 Å². The number of carboxylic acid groups (broad SMARTS) is 1. The predicted molar refractivity (Wildman–Crippen MR) is 44.9 cm³/mol. The Kier molecular flexibility index (Phi) is 1.63. The van der Waals surface area contributed by atoms with Gasteiger partial charge in [-0.15, -0.1) is 0 Å². The monoisotopic (exact) mass is 196 g/mol. The average Bonchev–Trinajstić information content (AvgIpc) is 2.46. The molecule has 0 atom stereocenters. The van der Waals surface area contributed by atoms with Crippen LogP contribution in [0.1, 0.15) is 10.4 Å². The largest absolute Gasteiger partial charge is 0.477 e. The van der Waals surface area contributed by atoms with Crippen molar-refractivity contribution >= 4 is 11.5 Å². The second-order valence-corrected chi connectivity index (χ2v) is 2.73. The molecular formula is C8H5FN2O3. The van der Waals surface area contributed by atoms with Crippen molar-refractivity contribution in [3.05, 3.63) is 40.1 Å². The zero-order chi connectivity index (χ0) is 10.3. The van der Waals surface area contributed by atoms with Gasteiger partial charge >= 0.3 is 5.97 Å². The predicted octanol–water partition coefficient (Wildman–Crippen LogP) is 0.465. The number of hydrogen-bond donors (Lipinski definition) is 2. The lowest BCUT2D eigenvalue weighted by Crippen LogP contribution is -2.17. The molecule has 0 aliphatic heterocycles. The number of hydrogen-bond acceptors (Lipinski definition) is 2. The molecule has 0 bridgehead atoms. The molecule has 0 aliphatic rings. The first-order chi connectivity index (χ1) is 6.59. The first kappa shape index (κ1) is 8.49. The van der Waals surface area contributed by atoms with E-state index in [9.17, 15) is 14.0 Å². The van der Waals surface area contributed by atoms with E-state index in [4.69, 9.17) is 5.11 Å². The Balaban J connectivity index is 2.88. The van der Waals surface area contributed by atoms with Crippen molar-refractivity contribution in [2.24, 2.45) is 0 Å². The number of nitrogens with one attached hydrogen (secondary N) is 1. The van der Waals surface area contributed by atoms with Crippen LogP contribution in [0.5, 0.6) is 0 Å². The van der Waals surface area contributed by atoms with E-state index < -0.39 is 22.8 Å². The number of fused-ring (bicyclic) bond motifs is 1. The maximum Gasteiger partial charge on any atom is 0.341 e. The molecule has 2 heterocycles. The van der Waals surface area contributed by atoms with E-state index in [1.54, 1.807) is 0 Å². The molecule has 0 radical (unpaired) electrons. The SMILES string of the molecule is O=C(O)c1c[nH]n2cc(F)cc2c1=O. The molecule has 2 N–H and O–H groups in total. The quantitative estimate of drug-likeness (QED) is 0.695. The maximum atomic E-state index is 12.7. The highest BCUT2D eigenvalue weighted by atomic mass is 19.1. The number of rotatable bonds is 1. The Bertz CT molecular complexity index is 569. The van der Waals surface area contributed by atoms with Crippen LogP contribution in [0.4, 0.5) is 4.39 Å². The van der Waals surface area contributed by atoms with Crippen LogP contribution in [0.3, 0.4) is 0 Å². The van der Waals surface area contributed by atoms with Crippen molar-refractivity contribution in [3.8, 4) is 0 Å². The normalized spacial score (nSPS) is 10.6. The summed E-state index contributed by atoms with van der Waals surface area (Å²) in [6, 6.07) is 0.977. The summed E-state index contributed by atoms with van der Waals surface area (Å²) in [7, 11) is 0. The van der Waals surface area contributed by atoms with E-state index in [0.717, 1.165) is 23.0 Å². The van der Waals surface area contributed by atoms with Crippen LogP contribution in [0.25, 0.3) is 5.52 Å². The summed E-state index contributed by atoms with van der Waals surface area (Å²) in [6.07, 6.45) is 2.08. The molecule has 0 amide bonds. The molecule has 0 spiro atoms. The molecule has 0 aliphatic carbocycles. The van der Waals surface area contributed by atoms with E-state index >= 15 is 0 Å². The Morgan fingerprint density at radius 1 is 1.57 bits per heavy atom. The second-order valence-electron chi connectivity index (χ2n) is 2.73. The summed E-state index contributed by atoms with van der Waals surface area (Å²) in [5.41, 5.74) is -1.14. The Morgan fingerprint density at radius 2 is 2.29 bits per heavy atom. The molecule has 0 unspecified atom stereocenters. The minimum atomic E-state index is -1.34. The lowest BCUT2D eigenvalue weighted by Gasteiger charge is -1.95. The first-order valence-corrected chi connectivity index (χ1v) is 3.72. The van der Waals surface area contributed by atoms with Crippen molar-refractivity contribution in [1.29, 1.82) is 0 Å². The Hall–Kier alpha value is -2.11. The smallest absolute Gasteiger partial charge is 0.341 e. The number of aromatic amines is 1. The summed E-state index contributed by atoms with van der Waals surface area (Å²) in [5.74, 6) is -1.93. The zero-order valence-corrected chi connectivity index (χ0v) is 6.82. The number of halogens is 1. The van der Waals surface area contributed by atoms with Gasteiger partial charge in [-0.3, -0.25) is 9.31 Å². The van der Waals surface area contributed by atoms with Crippen molar-refractivity contribution in [2.75, 3.05) is 0 Å². The number of aromatic nitrogens is 2. The number of carboxylic acids is 1. The van der Waals surface area contributed by atoms with Crippen LogP contribution in [0.15, 0.2) is 23.3 Å². The minimum Gasteiger partial charge on any atom is -0.477 e. The lowest BCUT2D eigenvalue weighted by atomic mass is 10.3. The topological polar surface area (TPSA) is 74.6 Å². The number of aromatic carboxylic acids is 1. The molecule has 5 nitrogen and oxygen atoms in total. The van der Waals surface area contributed by atoms with Crippen LogP contribution in [0, 0.1) is 5.82 Å². The highest BCUT2D eigenvalue weighted by molar-refractivity contribution is 5.88. The van der Waals surface area contributed by atoms with E-state index in [1.165, 1.54) is 0 Å². The van der Waals surface area contributed by atoms with E-state index in [0.29, 0.717) is 0 Å². The number of carbonyl (C=O) groups is 1. The summed E-state index contributed by atoms with van der Waals surface area (Å²) in [6.45, 7) is 0. The molecule has 0 saturated carbocycles. The lowest BCUT2D eigenvalue weighted by molar-refractivity contribution is 0.0695. The van der Waals surface area contributed by atoms with Crippen LogP contribution < -0.4 is 5.43 Å². The molecule has 2 aromatic rings. The Labute approximate surface area is 76.4 Å². The molecule has 0 saturated heterocycles. The van der Waals surface area contributed by atoms with Gasteiger partial charge in [0.25, 0.3) is 0 Å². The van der Waals surface area contributed by atoms with E-state index in [2.05, 4.69) is 5.10 Å². The van der Waals surface area contributed by atoms with E-state index in [-0.39, 0.29) is 5.52 Å². The third-order valence-corrected chi connectivity index (χ3v) is 1.84. The van der Waals surface area contributed by atoms with Crippen molar-refractivity contribution in [2.45, 2.75) is 0 Å². The molecule has 0 aromatic carbocycles. The third kappa shape index (κ3) is 1.08. The number of nitrogens with zero attached hydrogens (tertiary/aromatic N) is 1. The van der Waals surface area contributed by atoms with Crippen LogP contribution in [0.2, 0.25) is 0 Å². The van der Waals surface area contributed by atoms with Crippen molar-refractivity contribution < 1.29 is 14.3 Å². The minimum absolute atomic E-state index is 0.0256. The maximum absolute atomic E-state index is 12.7. The standard InChI is InChI=1S/C8H5FN2O3/c9-4-1-6-7(12)5(8(13)14)2-10-11(6)3-4/h1-3,10H,(H,13,14). The van der Waals surface area contributed by atoms with Gasteiger partial charge in [-0.1, -0.05) is 0 Å². The highest BCUT2D eigenvalue weighted by Crippen LogP contribution is 2.03. The van der Waals surface area contributed by atoms with Crippen molar-refractivity contribution in [1.82, 2.24) is 9.61 Å². The fraction of sp³-hybridized carbons (Fsp3) is 0. The third-order valence-electron chi connectivity index (χ3n) is 1.84. The molecule has 6 heteroatoms. The van der Waals surface area contributed by atoms with Gasteiger partial charge in [0.05, 0.1) is 6.20 Å². The fourth-order valence-electron chi connectivity index (χ4n) is 1.21. The van der Waals surface area contributed by atoms with Gasteiger partial charge < -0.3 is 10.2 Å². The summed E-state index contributed by atoms with van der Waals surface area (Å²) >= 11 is 0. The molecule has 14 heavy (non-hydrogen) atoms. The van der Waals surface area contributed by atoms with Gasteiger partial charge in [-0.25, -0.2) is 9.18 Å². The van der Waals surface area contributed by atoms with E-state index in [1.807, 2.05) is 0 Å². The molecule has 2 aromatic heterocycles. The van der Waals surface area contributed by atoms with Gasteiger partial charge in [0, 0.05) is 12.3 Å². The molecule has 0 fully saturated rings. The van der Waals surface area contributed by atoms with Gasteiger partial charge in [0.1, 0.15) is 16.9 Å². The van der Waals surface area contributed by atoms with Crippen molar-refractivity contribution in [3.63, 3.8) is 0 Å². The summed E-state index contributed by atoms with van der Waals surface area (Å²) < 4.78 is 13.8. The van der Waals surface area contributed by atoms with Crippen LogP contribution in [-0.2, 0) is 0 Å². The first-order valence-electron chi connectivity index (χ1n) is 3.72. The zero-order valence-electron chi connectivity index (χ0n) is 6.82. The van der Waals surface area contributed by atoms with Crippen LogP contribution >= 0.6 is 0 Å². The van der Waals surface area contributed by atoms with Gasteiger partial charge in [-0.2, -0.15) is 0 Å². The number of H-pyrrole nitrogens is 1. The highest BCUT2D eigenvalue weighted by Gasteiger charge is 2.12. The van der Waals surface area contributed by atoms with Gasteiger partial charge in [-0.05, 0) is 0 Å². The molecule has 2 rings (SSSR count). The second kappa shape index (κ2) is 2.69. The molecular weight excluding hydrogens is 191 g/mol. The van der Waals surface area contributed by atoms with Gasteiger partial charge in [0.2, 0.25) is 5.43 Å². The summed E-state index contributed by atoms with van der Waals surface area (Å²) in [5, 5.41) is 11.1. The average molecular weight is 196 g/mol. The Morgan fingerprint density at radius 3 is 2.93 bits per heavy atom. The fourth-order valence-corrected chi connectivity index (χ4v) is 1.21.